The first-order chi connectivity index (χ1) is 13.2. The number of hydrogen-bond donors (Lipinski definition) is 1. The van der Waals surface area contributed by atoms with E-state index in [1.807, 2.05) is 38.5 Å². The Morgan fingerprint density at radius 3 is 2.57 bits per heavy atom. The van der Waals surface area contributed by atoms with Gasteiger partial charge in [-0.25, -0.2) is 0 Å². The molecule has 0 aliphatic rings. The molecule has 28 heavy (non-hydrogen) atoms. The Kier molecular flexibility index (Phi) is 8.50. The van der Waals surface area contributed by atoms with E-state index < -0.39 is 0 Å². The van der Waals surface area contributed by atoms with Crippen molar-refractivity contribution >= 4 is 40.8 Å². The van der Waals surface area contributed by atoms with Gasteiger partial charge in [-0.15, -0.1) is 24.0 Å². The van der Waals surface area contributed by atoms with E-state index in [-0.39, 0.29) is 24.0 Å². The number of nitrogens with one attached hydrogen (secondary N) is 1. The van der Waals surface area contributed by atoms with Crippen molar-refractivity contribution in [1.82, 2.24) is 15.2 Å². The van der Waals surface area contributed by atoms with Crippen LogP contribution in [0.5, 0.6) is 5.75 Å². The normalized spacial score (nSPS) is 11.0. The minimum atomic E-state index is 0. The molecule has 0 aliphatic heterocycles. The standard InChI is InChI=1S/C22H26N4O.HI/c1-23-22(26(2)16-17-9-11-20(27-3)12-10-17)25-15-13-19-7-4-6-18-8-5-14-24-21(18)19;/h4-12,14H,13,15-16H2,1-3H3,(H,23,25);1H. The Bertz CT molecular complexity index is 907. The fraction of sp³-hybridized carbons (Fsp3) is 0.273. The summed E-state index contributed by atoms with van der Waals surface area (Å²) in [6, 6.07) is 18.5. The average molecular weight is 490 g/mol. The number of fused-ring (bicyclic) bond motifs is 1. The molecule has 0 radical (unpaired) electrons. The number of guanidine groups is 1. The number of aromatic nitrogens is 1. The lowest BCUT2D eigenvalue weighted by Gasteiger charge is -2.22. The molecule has 0 aliphatic carbocycles. The maximum atomic E-state index is 5.21. The van der Waals surface area contributed by atoms with Gasteiger partial charge in [-0.3, -0.25) is 9.98 Å². The Balaban J connectivity index is 0.00000280. The predicted octanol–water partition coefficient (Wildman–Crippen LogP) is 4.11. The fourth-order valence-electron chi connectivity index (χ4n) is 3.14. The minimum Gasteiger partial charge on any atom is -0.497 e. The van der Waals surface area contributed by atoms with Gasteiger partial charge in [0.15, 0.2) is 5.96 Å². The number of methoxy groups -OCH3 is 1. The van der Waals surface area contributed by atoms with Crippen molar-refractivity contribution in [2.24, 2.45) is 4.99 Å². The molecule has 0 spiro atoms. The van der Waals surface area contributed by atoms with E-state index in [9.17, 15) is 0 Å². The molecular weight excluding hydrogens is 463 g/mol. The number of halogens is 1. The summed E-state index contributed by atoms with van der Waals surface area (Å²) in [6.45, 7) is 1.58. The van der Waals surface area contributed by atoms with Gasteiger partial charge in [0, 0.05) is 38.8 Å². The van der Waals surface area contributed by atoms with Gasteiger partial charge in [0.05, 0.1) is 12.6 Å². The number of pyridine rings is 1. The Hall–Kier alpha value is -2.35. The van der Waals surface area contributed by atoms with Crippen molar-refractivity contribution in [1.29, 1.82) is 0 Å². The van der Waals surface area contributed by atoms with Crippen molar-refractivity contribution < 1.29 is 4.74 Å². The molecule has 3 aromatic rings. The largest absolute Gasteiger partial charge is 0.497 e. The van der Waals surface area contributed by atoms with Crippen LogP contribution in [-0.2, 0) is 13.0 Å². The highest BCUT2D eigenvalue weighted by Gasteiger charge is 2.08. The Labute approximate surface area is 183 Å². The molecule has 1 heterocycles. The van der Waals surface area contributed by atoms with Crippen molar-refractivity contribution in [2.45, 2.75) is 13.0 Å². The molecule has 0 saturated heterocycles. The molecular formula is C22H27IN4O. The molecule has 0 unspecified atom stereocenters. The summed E-state index contributed by atoms with van der Waals surface area (Å²) in [7, 11) is 5.53. The quantitative estimate of drug-likeness (QED) is 0.321. The third-order valence-corrected chi connectivity index (χ3v) is 4.55. The van der Waals surface area contributed by atoms with E-state index in [4.69, 9.17) is 4.74 Å². The maximum Gasteiger partial charge on any atom is 0.193 e. The lowest BCUT2D eigenvalue weighted by Crippen LogP contribution is -2.39. The van der Waals surface area contributed by atoms with E-state index in [1.54, 1.807) is 7.11 Å². The smallest absolute Gasteiger partial charge is 0.193 e. The van der Waals surface area contributed by atoms with E-state index >= 15 is 0 Å². The number of aliphatic imine (C=N–C) groups is 1. The van der Waals surface area contributed by atoms with Crippen LogP contribution in [-0.4, -0.2) is 43.6 Å². The topological polar surface area (TPSA) is 49.8 Å². The number of para-hydroxylation sites is 1. The van der Waals surface area contributed by atoms with Crippen LogP contribution in [0.1, 0.15) is 11.1 Å². The molecule has 0 amide bonds. The van der Waals surface area contributed by atoms with E-state index in [2.05, 4.69) is 56.6 Å². The van der Waals surface area contributed by atoms with Crippen molar-refractivity contribution in [3.63, 3.8) is 0 Å². The summed E-state index contributed by atoms with van der Waals surface area (Å²) in [4.78, 5) is 11.0. The molecule has 1 N–H and O–H groups in total. The Morgan fingerprint density at radius 2 is 1.86 bits per heavy atom. The summed E-state index contributed by atoms with van der Waals surface area (Å²) in [5, 5.41) is 4.63. The van der Waals surface area contributed by atoms with Gasteiger partial charge < -0.3 is 15.0 Å². The summed E-state index contributed by atoms with van der Waals surface area (Å²) < 4.78 is 5.21. The molecule has 3 rings (SSSR count). The molecule has 0 fully saturated rings. The first-order valence-electron chi connectivity index (χ1n) is 9.08. The predicted molar refractivity (Wildman–Crippen MR) is 127 cm³/mol. The second kappa shape index (κ2) is 10.8. The van der Waals surface area contributed by atoms with Gasteiger partial charge in [0.2, 0.25) is 0 Å². The zero-order chi connectivity index (χ0) is 19.1. The molecule has 148 valence electrons. The van der Waals surface area contributed by atoms with Crippen LogP contribution in [0.3, 0.4) is 0 Å². The van der Waals surface area contributed by atoms with Crippen LogP contribution >= 0.6 is 24.0 Å². The first kappa shape index (κ1) is 21.9. The summed E-state index contributed by atoms with van der Waals surface area (Å²) in [6.07, 6.45) is 2.74. The van der Waals surface area contributed by atoms with Gasteiger partial charge in [-0.05, 0) is 35.7 Å². The zero-order valence-electron chi connectivity index (χ0n) is 16.6. The number of ether oxygens (including phenoxy) is 1. The first-order valence-corrected chi connectivity index (χ1v) is 9.08. The number of hydrogen-bond acceptors (Lipinski definition) is 3. The SMILES string of the molecule is CN=C(NCCc1cccc2cccnc12)N(C)Cc1ccc(OC)cc1.I. The highest BCUT2D eigenvalue weighted by Crippen LogP contribution is 2.16. The number of nitrogens with zero attached hydrogens (tertiary/aromatic N) is 3. The fourth-order valence-corrected chi connectivity index (χ4v) is 3.14. The Morgan fingerprint density at radius 1 is 1.11 bits per heavy atom. The second-order valence-electron chi connectivity index (χ2n) is 6.42. The highest BCUT2D eigenvalue weighted by atomic mass is 127. The van der Waals surface area contributed by atoms with Crippen LogP contribution in [0.2, 0.25) is 0 Å². The van der Waals surface area contributed by atoms with E-state index in [0.29, 0.717) is 0 Å². The summed E-state index contributed by atoms with van der Waals surface area (Å²) in [5.74, 6) is 1.74. The summed E-state index contributed by atoms with van der Waals surface area (Å²) >= 11 is 0. The monoisotopic (exact) mass is 490 g/mol. The highest BCUT2D eigenvalue weighted by molar-refractivity contribution is 14.0. The molecule has 1 aromatic heterocycles. The van der Waals surface area contributed by atoms with Gasteiger partial charge in [-0.1, -0.05) is 36.4 Å². The molecule has 5 nitrogen and oxygen atoms in total. The van der Waals surface area contributed by atoms with Crippen molar-refractivity contribution in [2.75, 3.05) is 27.7 Å². The van der Waals surface area contributed by atoms with Crippen LogP contribution in [0.4, 0.5) is 0 Å². The summed E-state index contributed by atoms with van der Waals surface area (Å²) in [5.41, 5.74) is 3.52. The average Bonchev–Trinajstić information content (AvgIpc) is 2.71. The van der Waals surface area contributed by atoms with E-state index in [1.165, 1.54) is 16.5 Å². The lowest BCUT2D eigenvalue weighted by molar-refractivity contribution is 0.414. The van der Waals surface area contributed by atoms with Gasteiger partial charge >= 0.3 is 0 Å². The van der Waals surface area contributed by atoms with Gasteiger partial charge in [-0.2, -0.15) is 0 Å². The second-order valence-corrected chi connectivity index (χ2v) is 6.42. The van der Waals surface area contributed by atoms with Crippen LogP contribution in [0.25, 0.3) is 10.9 Å². The lowest BCUT2D eigenvalue weighted by atomic mass is 10.1. The van der Waals surface area contributed by atoms with Crippen LogP contribution < -0.4 is 10.1 Å². The van der Waals surface area contributed by atoms with Crippen molar-refractivity contribution in [3.8, 4) is 5.75 Å². The zero-order valence-corrected chi connectivity index (χ0v) is 18.9. The molecule has 0 atom stereocenters. The minimum absolute atomic E-state index is 0. The van der Waals surface area contributed by atoms with Gasteiger partial charge in [0.1, 0.15) is 5.75 Å². The van der Waals surface area contributed by atoms with Crippen LogP contribution in [0, 0.1) is 0 Å². The van der Waals surface area contributed by atoms with Gasteiger partial charge in [0.25, 0.3) is 0 Å². The molecule has 0 bridgehead atoms. The number of benzene rings is 2. The third kappa shape index (κ3) is 5.58. The molecule has 0 saturated carbocycles. The molecule has 6 heteroatoms. The van der Waals surface area contributed by atoms with Crippen LogP contribution in [0.15, 0.2) is 65.8 Å². The maximum absolute atomic E-state index is 5.21. The number of rotatable bonds is 6. The molecule has 2 aromatic carbocycles. The van der Waals surface area contributed by atoms with E-state index in [0.717, 1.165) is 36.7 Å². The van der Waals surface area contributed by atoms with Crippen molar-refractivity contribution in [3.05, 3.63) is 71.9 Å². The third-order valence-electron chi connectivity index (χ3n) is 4.55.